The van der Waals surface area contributed by atoms with E-state index in [0.717, 1.165) is 16.7 Å². The van der Waals surface area contributed by atoms with Crippen molar-refractivity contribution in [2.45, 2.75) is 26.9 Å². The highest BCUT2D eigenvalue weighted by Crippen LogP contribution is 2.34. The van der Waals surface area contributed by atoms with E-state index in [9.17, 15) is 14.4 Å². The van der Waals surface area contributed by atoms with E-state index in [1.165, 1.54) is 20.5 Å². The molecule has 0 saturated carbocycles. The average Bonchev–Trinajstić information content (AvgIpc) is 3.46. The van der Waals surface area contributed by atoms with Gasteiger partial charge in [-0.25, -0.2) is 4.79 Å². The van der Waals surface area contributed by atoms with Crippen LogP contribution in [-0.4, -0.2) is 21.8 Å². The molecule has 9 heteroatoms. The highest BCUT2D eigenvalue weighted by atomic mass is 32.1. The molecule has 0 aliphatic carbocycles. The fourth-order valence-corrected chi connectivity index (χ4v) is 4.67. The number of carbonyl (C=O) groups excluding carboxylic acids is 1. The van der Waals surface area contributed by atoms with Crippen LogP contribution in [0.15, 0.2) is 57.4 Å². The maximum atomic E-state index is 13.3. The van der Waals surface area contributed by atoms with Crippen molar-refractivity contribution in [1.82, 2.24) is 9.13 Å². The van der Waals surface area contributed by atoms with Gasteiger partial charge >= 0.3 is 5.69 Å². The lowest BCUT2D eigenvalue weighted by Gasteiger charge is -2.13. The van der Waals surface area contributed by atoms with Crippen LogP contribution in [-0.2, 0) is 17.9 Å². The zero-order chi connectivity index (χ0) is 23.1. The van der Waals surface area contributed by atoms with Gasteiger partial charge in [0.2, 0.25) is 12.7 Å². The summed E-state index contributed by atoms with van der Waals surface area (Å²) in [5, 5.41) is 4.53. The summed E-state index contributed by atoms with van der Waals surface area (Å²) >= 11 is 1.26. The topological polar surface area (TPSA) is 91.6 Å². The molecule has 1 aliphatic heterocycles. The van der Waals surface area contributed by atoms with E-state index in [0.29, 0.717) is 27.4 Å². The van der Waals surface area contributed by atoms with E-state index >= 15 is 0 Å². The molecular weight excluding hydrogens is 442 g/mol. The first-order valence-corrected chi connectivity index (χ1v) is 11.2. The van der Waals surface area contributed by atoms with Gasteiger partial charge in [-0.15, -0.1) is 11.3 Å². The molecule has 0 fully saturated rings. The fraction of sp³-hybridized carbons (Fsp3) is 0.208. The fourth-order valence-electron chi connectivity index (χ4n) is 3.83. The van der Waals surface area contributed by atoms with Crippen molar-refractivity contribution in [2.75, 3.05) is 12.1 Å². The molecule has 1 N–H and O–H groups in total. The van der Waals surface area contributed by atoms with Gasteiger partial charge in [-0.3, -0.25) is 18.7 Å². The van der Waals surface area contributed by atoms with Crippen LogP contribution in [0.4, 0.5) is 5.69 Å². The van der Waals surface area contributed by atoms with Gasteiger partial charge in [0.15, 0.2) is 11.5 Å². The van der Waals surface area contributed by atoms with E-state index in [4.69, 9.17) is 9.47 Å². The lowest BCUT2D eigenvalue weighted by Crippen LogP contribution is -2.41. The first-order chi connectivity index (χ1) is 15.9. The maximum absolute atomic E-state index is 13.3. The van der Waals surface area contributed by atoms with Crippen molar-refractivity contribution in [3.63, 3.8) is 0 Å². The molecule has 0 unspecified atom stereocenters. The van der Waals surface area contributed by atoms with Gasteiger partial charge in [0.25, 0.3) is 5.56 Å². The van der Waals surface area contributed by atoms with Crippen molar-refractivity contribution in [2.24, 2.45) is 0 Å². The Morgan fingerprint density at radius 2 is 1.82 bits per heavy atom. The first-order valence-electron chi connectivity index (χ1n) is 10.4. The molecule has 33 heavy (non-hydrogen) atoms. The minimum absolute atomic E-state index is 0.135. The smallest absolute Gasteiger partial charge is 0.332 e. The summed E-state index contributed by atoms with van der Waals surface area (Å²) in [7, 11) is 0. The van der Waals surface area contributed by atoms with Crippen LogP contribution in [0.25, 0.3) is 10.2 Å². The number of aromatic nitrogens is 2. The molecule has 5 rings (SSSR count). The van der Waals surface area contributed by atoms with Gasteiger partial charge in [0.1, 0.15) is 11.2 Å². The van der Waals surface area contributed by atoms with Gasteiger partial charge in [0, 0.05) is 11.8 Å². The van der Waals surface area contributed by atoms with Crippen LogP contribution >= 0.6 is 11.3 Å². The first kappa shape index (κ1) is 21.0. The molecule has 1 aliphatic rings. The Bertz CT molecular complexity index is 1520. The molecule has 0 spiro atoms. The third-order valence-electron chi connectivity index (χ3n) is 5.71. The van der Waals surface area contributed by atoms with E-state index in [1.54, 1.807) is 29.6 Å². The molecule has 1 amide bonds. The Kier molecular flexibility index (Phi) is 5.26. The predicted molar refractivity (Wildman–Crippen MR) is 127 cm³/mol. The lowest BCUT2D eigenvalue weighted by atomic mass is 10.1. The minimum atomic E-state index is -0.523. The number of nitrogens with zero attached hydrogens (tertiary/aromatic N) is 2. The number of aryl methyl sites for hydroxylation is 2. The number of thiophene rings is 1. The summed E-state index contributed by atoms with van der Waals surface area (Å²) in [5.74, 6) is 0.773. The summed E-state index contributed by atoms with van der Waals surface area (Å²) in [6, 6.07) is 12.6. The van der Waals surface area contributed by atoms with Crippen LogP contribution in [0.2, 0.25) is 0 Å². The number of hydrogen-bond donors (Lipinski definition) is 1. The second-order valence-corrected chi connectivity index (χ2v) is 8.85. The highest BCUT2D eigenvalue weighted by molar-refractivity contribution is 7.17. The number of anilines is 1. The third kappa shape index (κ3) is 3.91. The molecule has 2 aromatic carbocycles. The SMILES string of the molecule is Cc1ccc(Cn2c(=O)c3sccc3n(CC(=O)Nc3ccc4c(c3)OCO4)c2=O)cc1C. The maximum Gasteiger partial charge on any atom is 0.332 e. The van der Waals surface area contributed by atoms with Gasteiger partial charge < -0.3 is 14.8 Å². The standard InChI is InChI=1S/C24H21N3O5S/c1-14-3-4-16(9-15(14)2)11-27-23(29)22-18(7-8-33-22)26(24(27)30)12-21(28)25-17-5-6-19-20(10-17)32-13-31-19/h3-10H,11-13H2,1-2H3,(H,25,28). The molecule has 168 valence electrons. The molecule has 8 nitrogen and oxygen atoms in total. The van der Waals surface area contributed by atoms with Crippen molar-refractivity contribution < 1.29 is 14.3 Å². The van der Waals surface area contributed by atoms with Crippen molar-refractivity contribution >= 4 is 33.1 Å². The normalized spacial score (nSPS) is 12.3. The number of fused-ring (bicyclic) bond motifs is 2. The Morgan fingerprint density at radius 3 is 2.64 bits per heavy atom. The Morgan fingerprint density at radius 1 is 1.00 bits per heavy atom. The van der Waals surface area contributed by atoms with Crippen molar-refractivity contribution in [3.8, 4) is 11.5 Å². The molecule has 0 bridgehead atoms. The predicted octanol–water partition coefficient (Wildman–Crippen LogP) is 3.26. The van der Waals surface area contributed by atoms with Crippen LogP contribution < -0.4 is 26.0 Å². The van der Waals surface area contributed by atoms with Gasteiger partial charge in [0.05, 0.1) is 12.1 Å². The Labute approximate surface area is 192 Å². The Balaban J connectivity index is 1.48. The molecule has 0 atom stereocenters. The van der Waals surface area contributed by atoms with Crippen molar-refractivity contribution in [3.05, 3.63) is 85.4 Å². The quantitative estimate of drug-likeness (QED) is 0.491. The largest absolute Gasteiger partial charge is 0.454 e. The van der Waals surface area contributed by atoms with E-state index in [-0.39, 0.29) is 31.3 Å². The van der Waals surface area contributed by atoms with Gasteiger partial charge in [-0.2, -0.15) is 0 Å². The zero-order valence-electron chi connectivity index (χ0n) is 18.1. The monoisotopic (exact) mass is 463 g/mol. The third-order valence-corrected chi connectivity index (χ3v) is 6.60. The number of carbonyl (C=O) groups is 1. The second kappa shape index (κ2) is 8.25. The minimum Gasteiger partial charge on any atom is -0.454 e. The summed E-state index contributed by atoms with van der Waals surface area (Å²) in [4.78, 5) is 39.2. The van der Waals surface area contributed by atoms with Gasteiger partial charge in [-0.1, -0.05) is 18.2 Å². The average molecular weight is 464 g/mol. The lowest BCUT2D eigenvalue weighted by molar-refractivity contribution is -0.116. The number of hydrogen-bond acceptors (Lipinski definition) is 6. The van der Waals surface area contributed by atoms with Crippen LogP contribution in [0.3, 0.4) is 0 Å². The molecule has 0 saturated heterocycles. The van der Waals surface area contributed by atoms with Gasteiger partial charge in [-0.05, 0) is 54.1 Å². The number of ether oxygens (including phenoxy) is 2. The van der Waals surface area contributed by atoms with E-state index in [1.807, 2.05) is 32.0 Å². The van der Waals surface area contributed by atoms with Crippen LogP contribution in [0.1, 0.15) is 16.7 Å². The highest BCUT2D eigenvalue weighted by Gasteiger charge is 2.18. The van der Waals surface area contributed by atoms with E-state index < -0.39 is 5.69 Å². The Hall–Kier alpha value is -3.85. The summed E-state index contributed by atoms with van der Waals surface area (Å²) < 4.78 is 13.6. The zero-order valence-corrected chi connectivity index (χ0v) is 18.9. The molecule has 2 aromatic heterocycles. The number of nitrogens with one attached hydrogen (secondary N) is 1. The second-order valence-electron chi connectivity index (χ2n) is 7.93. The van der Waals surface area contributed by atoms with Crippen LogP contribution in [0.5, 0.6) is 11.5 Å². The van der Waals surface area contributed by atoms with Crippen LogP contribution in [0, 0.1) is 13.8 Å². The molecule has 3 heterocycles. The summed E-state index contributed by atoms with van der Waals surface area (Å²) in [6.07, 6.45) is 0. The molecular formula is C24H21N3O5S. The summed E-state index contributed by atoms with van der Waals surface area (Å²) in [5.41, 5.74) is 3.18. The number of amides is 1. The summed E-state index contributed by atoms with van der Waals surface area (Å²) in [6.45, 7) is 4.04. The molecule has 4 aromatic rings. The van der Waals surface area contributed by atoms with Crippen molar-refractivity contribution in [1.29, 1.82) is 0 Å². The number of benzene rings is 2. The van der Waals surface area contributed by atoms with E-state index in [2.05, 4.69) is 5.32 Å². The number of rotatable bonds is 5. The molecule has 0 radical (unpaired) electrons.